The number of piperidine rings is 1. The first kappa shape index (κ1) is 21.6. The molecule has 1 fully saturated rings. The lowest BCUT2D eigenvalue weighted by molar-refractivity contribution is -0.120. The predicted molar refractivity (Wildman–Crippen MR) is 124 cm³/mol. The summed E-state index contributed by atoms with van der Waals surface area (Å²) in [5, 5.41) is 12.3. The second kappa shape index (κ2) is 10.1. The Morgan fingerprint density at radius 3 is 2.41 bits per heavy atom. The fraction of sp³-hybridized carbons (Fsp3) is 0.269. The summed E-state index contributed by atoms with van der Waals surface area (Å²) in [5.74, 6) is -1.11. The smallest absolute Gasteiger partial charge is 0.335 e. The number of hydrogen-bond donors (Lipinski definition) is 2. The molecule has 6 heteroatoms. The largest absolute Gasteiger partial charge is 0.478 e. The molecule has 0 aliphatic carbocycles. The second-order valence-electron chi connectivity index (χ2n) is 8.07. The summed E-state index contributed by atoms with van der Waals surface area (Å²) in [6.07, 6.45) is 7.28. The summed E-state index contributed by atoms with van der Waals surface area (Å²) in [7, 11) is 0. The van der Waals surface area contributed by atoms with Crippen molar-refractivity contribution >= 4 is 17.6 Å². The molecule has 1 atom stereocenters. The van der Waals surface area contributed by atoms with Gasteiger partial charge in [0.15, 0.2) is 0 Å². The van der Waals surface area contributed by atoms with E-state index in [1.807, 2.05) is 24.3 Å². The van der Waals surface area contributed by atoms with Crippen LogP contribution in [0.25, 0.3) is 0 Å². The first-order chi connectivity index (χ1) is 15.6. The Labute approximate surface area is 187 Å². The van der Waals surface area contributed by atoms with Crippen LogP contribution in [0.4, 0.5) is 5.69 Å². The number of rotatable bonds is 7. The molecule has 2 heterocycles. The number of anilines is 1. The van der Waals surface area contributed by atoms with Crippen molar-refractivity contribution in [1.82, 2.24) is 10.3 Å². The van der Waals surface area contributed by atoms with Crippen LogP contribution >= 0.6 is 0 Å². The zero-order valence-electron chi connectivity index (χ0n) is 17.9. The van der Waals surface area contributed by atoms with Gasteiger partial charge in [-0.05, 0) is 54.7 Å². The number of hydrogen-bond acceptors (Lipinski definition) is 4. The number of amides is 1. The Hall–Kier alpha value is -3.67. The Kier molecular flexibility index (Phi) is 6.80. The number of nitrogens with zero attached hydrogens (tertiary/aromatic N) is 2. The van der Waals surface area contributed by atoms with Gasteiger partial charge in [0.1, 0.15) is 0 Å². The molecule has 1 saturated heterocycles. The highest BCUT2D eigenvalue weighted by Gasteiger charge is 2.23. The molecule has 1 unspecified atom stereocenters. The maximum atomic E-state index is 13.0. The molecule has 4 rings (SSSR count). The van der Waals surface area contributed by atoms with Crippen LogP contribution in [0.2, 0.25) is 0 Å². The van der Waals surface area contributed by atoms with Gasteiger partial charge in [0.25, 0.3) is 0 Å². The molecule has 1 aromatic heterocycles. The summed E-state index contributed by atoms with van der Waals surface area (Å²) in [6, 6.07) is 18.2. The minimum atomic E-state index is -0.980. The highest BCUT2D eigenvalue weighted by Crippen LogP contribution is 2.32. The number of benzene rings is 2. The molecule has 2 aromatic carbocycles. The average molecular weight is 430 g/mol. The van der Waals surface area contributed by atoms with E-state index >= 15 is 0 Å². The molecule has 2 N–H and O–H groups in total. The summed E-state index contributed by atoms with van der Waals surface area (Å²) < 4.78 is 0. The quantitative estimate of drug-likeness (QED) is 0.588. The van der Waals surface area contributed by atoms with Crippen LogP contribution in [0, 0.1) is 0 Å². The Bertz CT molecular complexity index is 1060. The van der Waals surface area contributed by atoms with Gasteiger partial charge in [0.05, 0.1) is 18.0 Å². The Balaban J connectivity index is 1.60. The van der Waals surface area contributed by atoms with Gasteiger partial charge >= 0.3 is 5.97 Å². The molecule has 164 valence electrons. The van der Waals surface area contributed by atoms with E-state index in [0.717, 1.165) is 35.5 Å². The maximum absolute atomic E-state index is 13.0. The number of pyridine rings is 1. The van der Waals surface area contributed by atoms with Gasteiger partial charge in [-0.3, -0.25) is 9.78 Å². The van der Waals surface area contributed by atoms with Crippen LogP contribution in [0.15, 0.2) is 73.1 Å². The molecule has 0 spiro atoms. The second-order valence-corrected chi connectivity index (χ2v) is 8.07. The number of aromatic carboxylic acids is 1. The van der Waals surface area contributed by atoms with E-state index in [1.54, 1.807) is 24.5 Å². The number of carbonyl (C=O) groups is 2. The summed E-state index contributed by atoms with van der Waals surface area (Å²) in [4.78, 5) is 30.8. The van der Waals surface area contributed by atoms with Gasteiger partial charge in [-0.1, -0.05) is 36.4 Å². The van der Waals surface area contributed by atoms with Crippen molar-refractivity contribution < 1.29 is 14.7 Å². The van der Waals surface area contributed by atoms with Crippen molar-refractivity contribution in [3.8, 4) is 0 Å². The third-order valence-corrected chi connectivity index (χ3v) is 5.83. The van der Waals surface area contributed by atoms with Crippen LogP contribution < -0.4 is 10.2 Å². The van der Waals surface area contributed by atoms with Crippen molar-refractivity contribution in [2.24, 2.45) is 0 Å². The Morgan fingerprint density at radius 1 is 0.969 bits per heavy atom. The molecule has 1 aliphatic heterocycles. The molecule has 1 amide bonds. The third kappa shape index (κ3) is 5.14. The normalized spacial score (nSPS) is 14.6. The number of para-hydroxylation sites is 1. The van der Waals surface area contributed by atoms with Crippen molar-refractivity contribution in [3.63, 3.8) is 0 Å². The molecule has 0 radical (unpaired) electrons. The predicted octanol–water partition coefficient (Wildman–Crippen LogP) is 4.22. The van der Waals surface area contributed by atoms with Gasteiger partial charge in [-0.25, -0.2) is 4.79 Å². The van der Waals surface area contributed by atoms with E-state index in [0.29, 0.717) is 0 Å². The van der Waals surface area contributed by atoms with Crippen molar-refractivity contribution in [2.75, 3.05) is 18.0 Å². The van der Waals surface area contributed by atoms with Crippen LogP contribution in [0.1, 0.15) is 52.4 Å². The lowest BCUT2D eigenvalue weighted by atomic mass is 9.96. The van der Waals surface area contributed by atoms with Gasteiger partial charge in [0, 0.05) is 36.7 Å². The van der Waals surface area contributed by atoms with E-state index in [2.05, 4.69) is 27.3 Å². The summed E-state index contributed by atoms with van der Waals surface area (Å²) in [5.41, 5.74) is 4.09. The van der Waals surface area contributed by atoms with Crippen LogP contribution in [-0.2, 0) is 11.2 Å². The number of aromatic nitrogens is 1. The van der Waals surface area contributed by atoms with E-state index in [1.165, 1.54) is 31.4 Å². The number of carboxylic acids is 1. The maximum Gasteiger partial charge on any atom is 0.335 e. The highest BCUT2D eigenvalue weighted by molar-refractivity contribution is 5.88. The number of nitrogens with one attached hydrogen (secondary N) is 1. The lowest BCUT2D eigenvalue weighted by Crippen LogP contribution is -2.34. The van der Waals surface area contributed by atoms with Crippen molar-refractivity contribution in [2.45, 2.75) is 31.7 Å². The average Bonchev–Trinajstić information content (AvgIpc) is 2.84. The van der Waals surface area contributed by atoms with Gasteiger partial charge in [0.2, 0.25) is 5.91 Å². The minimum absolute atomic E-state index is 0.129. The molecule has 0 bridgehead atoms. The van der Waals surface area contributed by atoms with Crippen LogP contribution in [0.5, 0.6) is 0 Å². The van der Waals surface area contributed by atoms with Crippen LogP contribution in [-0.4, -0.2) is 35.1 Å². The van der Waals surface area contributed by atoms with Crippen LogP contribution in [0.3, 0.4) is 0 Å². The van der Waals surface area contributed by atoms with Crippen molar-refractivity contribution in [3.05, 3.63) is 95.3 Å². The fourth-order valence-corrected chi connectivity index (χ4v) is 4.20. The van der Waals surface area contributed by atoms with E-state index < -0.39 is 5.97 Å². The standard InChI is InChI=1S/C26H27N3O3/c30-24(17-19-10-12-20(13-11-19)26(31)32)28-25(21-7-6-14-27-18-21)22-8-2-3-9-23(22)29-15-4-1-5-16-29/h2-3,6-14,18,25H,1,4-5,15-17H2,(H,28,30)(H,31,32). The van der Waals surface area contributed by atoms with E-state index in [-0.39, 0.29) is 23.9 Å². The van der Waals surface area contributed by atoms with E-state index in [4.69, 9.17) is 5.11 Å². The lowest BCUT2D eigenvalue weighted by Gasteiger charge is -2.33. The number of carbonyl (C=O) groups excluding carboxylic acids is 1. The first-order valence-corrected chi connectivity index (χ1v) is 11.0. The van der Waals surface area contributed by atoms with Gasteiger partial charge in [-0.2, -0.15) is 0 Å². The summed E-state index contributed by atoms with van der Waals surface area (Å²) >= 11 is 0. The first-order valence-electron chi connectivity index (χ1n) is 11.0. The molecular weight excluding hydrogens is 402 g/mol. The highest BCUT2D eigenvalue weighted by atomic mass is 16.4. The van der Waals surface area contributed by atoms with Crippen molar-refractivity contribution in [1.29, 1.82) is 0 Å². The SMILES string of the molecule is O=C(Cc1ccc(C(=O)O)cc1)NC(c1cccnc1)c1ccccc1N1CCCCC1. The zero-order valence-corrected chi connectivity index (χ0v) is 17.9. The Morgan fingerprint density at radius 2 is 1.72 bits per heavy atom. The van der Waals surface area contributed by atoms with Gasteiger partial charge in [-0.15, -0.1) is 0 Å². The van der Waals surface area contributed by atoms with E-state index in [9.17, 15) is 9.59 Å². The monoisotopic (exact) mass is 429 g/mol. The van der Waals surface area contributed by atoms with Gasteiger partial charge < -0.3 is 15.3 Å². The zero-order chi connectivity index (χ0) is 22.3. The minimum Gasteiger partial charge on any atom is -0.478 e. The molecule has 32 heavy (non-hydrogen) atoms. The molecule has 0 saturated carbocycles. The molecule has 6 nitrogen and oxygen atoms in total. The third-order valence-electron chi connectivity index (χ3n) is 5.83. The molecule has 3 aromatic rings. The number of carboxylic acid groups (broad SMARTS) is 1. The summed E-state index contributed by atoms with van der Waals surface area (Å²) in [6.45, 7) is 2.03. The molecular formula is C26H27N3O3. The fourth-order valence-electron chi connectivity index (χ4n) is 4.20. The molecule has 1 aliphatic rings. The topological polar surface area (TPSA) is 82.5 Å².